The molecule has 0 bridgehead atoms. The van der Waals surface area contributed by atoms with Crippen molar-refractivity contribution in [3.63, 3.8) is 0 Å². The van der Waals surface area contributed by atoms with Crippen molar-refractivity contribution in [1.82, 2.24) is 14.8 Å². The number of hydrogen-bond donors (Lipinski definition) is 0. The summed E-state index contributed by atoms with van der Waals surface area (Å²) in [7, 11) is 0. The Hall–Kier alpha value is -1.39. The molecule has 19 heavy (non-hydrogen) atoms. The van der Waals surface area contributed by atoms with E-state index in [9.17, 15) is 0 Å². The fraction of sp³-hybridized carbons (Fsp3) is 0.429. The standard InChI is InChI=1S/C14H18ClN3O/c1-3-8-19-11(2)14-16-10-17-18(14)9-12-4-6-13(15)7-5-12/h4-7,10-11H,3,8-9H2,1-2H3/t11-/m0/s1. The van der Waals surface area contributed by atoms with E-state index in [1.807, 2.05) is 35.9 Å². The van der Waals surface area contributed by atoms with Gasteiger partial charge in [-0.05, 0) is 31.0 Å². The molecule has 0 spiro atoms. The SMILES string of the molecule is CCCO[C@@H](C)c1ncnn1Cc1ccc(Cl)cc1. The van der Waals surface area contributed by atoms with E-state index >= 15 is 0 Å². The summed E-state index contributed by atoms with van der Waals surface area (Å²) in [5.41, 5.74) is 1.14. The molecule has 0 amide bonds. The van der Waals surface area contributed by atoms with Gasteiger partial charge in [-0.15, -0.1) is 0 Å². The van der Waals surface area contributed by atoms with Crippen molar-refractivity contribution >= 4 is 11.6 Å². The normalized spacial score (nSPS) is 12.6. The molecule has 5 heteroatoms. The summed E-state index contributed by atoms with van der Waals surface area (Å²) in [6, 6.07) is 7.74. The molecule has 2 rings (SSSR count). The highest BCUT2D eigenvalue weighted by molar-refractivity contribution is 6.30. The molecule has 0 aliphatic heterocycles. The fourth-order valence-corrected chi connectivity index (χ4v) is 1.97. The van der Waals surface area contributed by atoms with Crippen LogP contribution in [0.5, 0.6) is 0 Å². The van der Waals surface area contributed by atoms with Crippen LogP contribution in [0.3, 0.4) is 0 Å². The van der Waals surface area contributed by atoms with Gasteiger partial charge in [0.2, 0.25) is 0 Å². The first kappa shape index (κ1) is 14.0. The summed E-state index contributed by atoms with van der Waals surface area (Å²) in [6.45, 7) is 5.49. The molecule has 1 atom stereocenters. The van der Waals surface area contributed by atoms with E-state index in [1.165, 1.54) is 0 Å². The maximum atomic E-state index is 5.88. The lowest BCUT2D eigenvalue weighted by molar-refractivity contribution is 0.0573. The largest absolute Gasteiger partial charge is 0.371 e. The molecule has 0 unspecified atom stereocenters. The quantitative estimate of drug-likeness (QED) is 0.813. The van der Waals surface area contributed by atoms with Gasteiger partial charge in [-0.3, -0.25) is 0 Å². The first-order chi connectivity index (χ1) is 9.20. The first-order valence-corrected chi connectivity index (χ1v) is 6.82. The molecule has 4 nitrogen and oxygen atoms in total. The third-order valence-electron chi connectivity index (χ3n) is 2.83. The molecule has 0 radical (unpaired) electrons. The zero-order chi connectivity index (χ0) is 13.7. The second-order valence-electron chi connectivity index (χ2n) is 4.42. The van der Waals surface area contributed by atoms with Crippen LogP contribution in [0.4, 0.5) is 0 Å². The zero-order valence-electron chi connectivity index (χ0n) is 11.2. The second kappa shape index (κ2) is 6.68. The van der Waals surface area contributed by atoms with E-state index in [0.717, 1.165) is 29.4 Å². The molecule has 1 heterocycles. The average molecular weight is 280 g/mol. The van der Waals surface area contributed by atoms with E-state index < -0.39 is 0 Å². The summed E-state index contributed by atoms with van der Waals surface area (Å²) >= 11 is 5.88. The van der Waals surface area contributed by atoms with E-state index in [4.69, 9.17) is 16.3 Å². The van der Waals surface area contributed by atoms with Gasteiger partial charge in [-0.1, -0.05) is 30.7 Å². The van der Waals surface area contributed by atoms with Crippen molar-refractivity contribution in [3.8, 4) is 0 Å². The third kappa shape index (κ3) is 3.78. The van der Waals surface area contributed by atoms with E-state index in [1.54, 1.807) is 6.33 Å². The Kier molecular flexibility index (Phi) is 4.93. The smallest absolute Gasteiger partial charge is 0.156 e. The van der Waals surface area contributed by atoms with Crippen LogP contribution in [0, 0.1) is 0 Å². The van der Waals surface area contributed by atoms with Gasteiger partial charge in [0, 0.05) is 11.6 Å². The summed E-state index contributed by atoms with van der Waals surface area (Å²) in [5, 5.41) is 4.99. The summed E-state index contributed by atoms with van der Waals surface area (Å²) in [6.07, 6.45) is 2.52. The fourth-order valence-electron chi connectivity index (χ4n) is 1.84. The van der Waals surface area contributed by atoms with Gasteiger partial charge in [0.05, 0.1) is 6.54 Å². The maximum Gasteiger partial charge on any atom is 0.156 e. The Balaban J connectivity index is 2.08. The Morgan fingerprint density at radius 3 is 2.74 bits per heavy atom. The van der Waals surface area contributed by atoms with Gasteiger partial charge < -0.3 is 4.74 Å². The van der Waals surface area contributed by atoms with Crippen LogP contribution in [0.15, 0.2) is 30.6 Å². The molecule has 102 valence electrons. The van der Waals surface area contributed by atoms with Crippen molar-refractivity contribution in [1.29, 1.82) is 0 Å². The molecule has 1 aromatic heterocycles. The van der Waals surface area contributed by atoms with Gasteiger partial charge in [0.1, 0.15) is 12.4 Å². The lowest BCUT2D eigenvalue weighted by Crippen LogP contribution is -2.12. The summed E-state index contributed by atoms with van der Waals surface area (Å²) in [5.74, 6) is 0.850. The van der Waals surface area contributed by atoms with Gasteiger partial charge in [-0.25, -0.2) is 9.67 Å². The second-order valence-corrected chi connectivity index (χ2v) is 4.85. The molecule has 0 fully saturated rings. The van der Waals surface area contributed by atoms with Crippen LogP contribution < -0.4 is 0 Å². The van der Waals surface area contributed by atoms with Gasteiger partial charge in [0.15, 0.2) is 5.82 Å². The topological polar surface area (TPSA) is 39.9 Å². The van der Waals surface area contributed by atoms with Crippen LogP contribution >= 0.6 is 11.6 Å². The molecule has 0 aliphatic rings. The lowest BCUT2D eigenvalue weighted by atomic mass is 10.2. The molecule has 0 N–H and O–H groups in total. The van der Waals surface area contributed by atoms with Crippen LogP contribution in [0.25, 0.3) is 0 Å². The Morgan fingerprint density at radius 2 is 2.05 bits per heavy atom. The zero-order valence-corrected chi connectivity index (χ0v) is 12.0. The van der Waals surface area contributed by atoms with Crippen molar-refractivity contribution in [2.45, 2.75) is 32.9 Å². The van der Waals surface area contributed by atoms with Crippen molar-refractivity contribution in [2.24, 2.45) is 0 Å². The van der Waals surface area contributed by atoms with E-state index in [-0.39, 0.29) is 6.10 Å². The first-order valence-electron chi connectivity index (χ1n) is 6.44. The minimum Gasteiger partial charge on any atom is -0.371 e. The molecular weight excluding hydrogens is 262 g/mol. The molecule has 0 saturated heterocycles. The van der Waals surface area contributed by atoms with Crippen LogP contribution in [0.1, 0.15) is 37.8 Å². The van der Waals surface area contributed by atoms with Gasteiger partial charge in [-0.2, -0.15) is 5.10 Å². The maximum absolute atomic E-state index is 5.88. The predicted octanol–water partition coefficient (Wildman–Crippen LogP) is 3.47. The number of halogens is 1. The number of hydrogen-bond acceptors (Lipinski definition) is 3. The lowest BCUT2D eigenvalue weighted by Gasteiger charge is -2.13. The number of nitrogens with zero attached hydrogens (tertiary/aromatic N) is 3. The van der Waals surface area contributed by atoms with Crippen LogP contribution in [0.2, 0.25) is 5.02 Å². The van der Waals surface area contributed by atoms with Gasteiger partial charge in [0.25, 0.3) is 0 Å². The number of rotatable bonds is 6. The third-order valence-corrected chi connectivity index (χ3v) is 3.08. The van der Waals surface area contributed by atoms with Crippen LogP contribution in [-0.2, 0) is 11.3 Å². The number of ether oxygens (including phenoxy) is 1. The average Bonchev–Trinajstić information content (AvgIpc) is 2.87. The highest BCUT2D eigenvalue weighted by Crippen LogP contribution is 2.16. The number of aromatic nitrogens is 3. The Labute approximate surface area is 118 Å². The van der Waals surface area contributed by atoms with Crippen molar-refractivity contribution in [3.05, 3.63) is 47.0 Å². The van der Waals surface area contributed by atoms with Crippen LogP contribution in [-0.4, -0.2) is 21.4 Å². The monoisotopic (exact) mass is 279 g/mol. The summed E-state index contributed by atoms with van der Waals surface area (Å²) < 4.78 is 7.55. The van der Waals surface area contributed by atoms with E-state index in [0.29, 0.717) is 6.54 Å². The highest BCUT2D eigenvalue weighted by Gasteiger charge is 2.13. The minimum atomic E-state index is -0.0465. The minimum absolute atomic E-state index is 0.0465. The molecule has 0 aliphatic carbocycles. The molecule has 2 aromatic rings. The Bertz CT molecular complexity index is 510. The van der Waals surface area contributed by atoms with Crippen molar-refractivity contribution < 1.29 is 4.74 Å². The predicted molar refractivity (Wildman–Crippen MR) is 75.2 cm³/mol. The molecule has 1 aromatic carbocycles. The summed E-state index contributed by atoms with van der Waals surface area (Å²) in [4.78, 5) is 4.28. The molecular formula is C14H18ClN3O. The highest BCUT2D eigenvalue weighted by atomic mass is 35.5. The number of benzene rings is 1. The Morgan fingerprint density at radius 1 is 1.32 bits per heavy atom. The van der Waals surface area contributed by atoms with E-state index in [2.05, 4.69) is 17.0 Å². The van der Waals surface area contributed by atoms with Gasteiger partial charge >= 0.3 is 0 Å². The van der Waals surface area contributed by atoms with Crippen molar-refractivity contribution in [2.75, 3.05) is 6.61 Å². The molecule has 0 saturated carbocycles.